The molecular weight excluding hydrogens is 248 g/mol. The molecule has 2 nitrogen and oxygen atoms in total. The monoisotopic (exact) mass is 272 g/mol. The van der Waals surface area contributed by atoms with Gasteiger partial charge in [-0.25, -0.2) is 0 Å². The highest BCUT2D eigenvalue weighted by molar-refractivity contribution is 5.67. The van der Waals surface area contributed by atoms with Crippen molar-refractivity contribution < 1.29 is 9.90 Å². The number of aliphatic carboxylic acids is 1. The standard InChI is InChI=1S/C9H10O2.C7H8.C2H6/c10-9(11)7-6-8-4-2-1-3-5-8;1-7-5-3-2-4-6-7;1-2/h1-5H,6-7H2,(H,10,11);2-6H,1H3;1-2H3. The van der Waals surface area contributed by atoms with E-state index in [1.807, 2.05) is 62.4 Å². The summed E-state index contributed by atoms with van der Waals surface area (Å²) >= 11 is 0. The zero-order chi connectivity index (χ0) is 15.2. The summed E-state index contributed by atoms with van der Waals surface area (Å²) in [6, 6.07) is 19.9. The zero-order valence-corrected chi connectivity index (χ0v) is 12.5. The zero-order valence-electron chi connectivity index (χ0n) is 12.5. The molecule has 0 saturated heterocycles. The van der Waals surface area contributed by atoms with Crippen LogP contribution in [0, 0.1) is 6.92 Å². The highest BCUT2D eigenvalue weighted by Gasteiger charge is 1.96. The van der Waals surface area contributed by atoms with E-state index in [1.165, 1.54) is 5.56 Å². The molecule has 2 aromatic rings. The van der Waals surface area contributed by atoms with Crippen LogP contribution in [0.3, 0.4) is 0 Å². The minimum Gasteiger partial charge on any atom is -0.481 e. The Morgan fingerprint density at radius 3 is 1.70 bits per heavy atom. The van der Waals surface area contributed by atoms with Gasteiger partial charge in [-0.15, -0.1) is 0 Å². The van der Waals surface area contributed by atoms with Crippen molar-refractivity contribution >= 4 is 5.97 Å². The summed E-state index contributed by atoms with van der Waals surface area (Å²) in [6.07, 6.45) is 0.834. The van der Waals surface area contributed by atoms with E-state index >= 15 is 0 Å². The Balaban J connectivity index is 0.000000345. The largest absolute Gasteiger partial charge is 0.481 e. The first-order valence-corrected chi connectivity index (χ1v) is 6.96. The van der Waals surface area contributed by atoms with Gasteiger partial charge in [0.25, 0.3) is 0 Å². The first-order chi connectivity index (χ1) is 9.68. The van der Waals surface area contributed by atoms with Gasteiger partial charge < -0.3 is 5.11 Å². The van der Waals surface area contributed by atoms with E-state index in [1.54, 1.807) is 0 Å². The molecule has 0 aliphatic carbocycles. The molecule has 0 saturated carbocycles. The van der Waals surface area contributed by atoms with Crippen LogP contribution in [-0.2, 0) is 11.2 Å². The third-order valence-corrected chi connectivity index (χ3v) is 2.41. The SMILES string of the molecule is CC.Cc1ccccc1.O=C(O)CCc1ccccc1. The fourth-order valence-electron chi connectivity index (χ4n) is 1.43. The van der Waals surface area contributed by atoms with Crippen LogP contribution in [-0.4, -0.2) is 11.1 Å². The highest BCUT2D eigenvalue weighted by atomic mass is 16.4. The summed E-state index contributed by atoms with van der Waals surface area (Å²) in [5.41, 5.74) is 2.40. The van der Waals surface area contributed by atoms with Gasteiger partial charge in [0.05, 0.1) is 0 Å². The number of aryl methyl sites for hydroxylation is 2. The van der Waals surface area contributed by atoms with Gasteiger partial charge in [0.15, 0.2) is 0 Å². The molecule has 2 rings (SSSR count). The summed E-state index contributed by atoms with van der Waals surface area (Å²) in [5, 5.41) is 8.37. The molecule has 0 aliphatic heterocycles. The summed E-state index contributed by atoms with van der Waals surface area (Å²) in [4.78, 5) is 10.2. The highest BCUT2D eigenvalue weighted by Crippen LogP contribution is 2.01. The number of carboxylic acid groups (broad SMARTS) is 1. The average Bonchev–Trinajstić information content (AvgIpc) is 2.50. The van der Waals surface area contributed by atoms with Crippen molar-refractivity contribution in [1.82, 2.24) is 0 Å². The molecule has 20 heavy (non-hydrogen) atoms. The van der Waals surface area contributed by atoms with Crippen LogP contribution in [0.5, 0.6) is 0 Å². The number of hydrogen-bond acceptors (Lipinski definition) is 1. The van der Waals surface area contributed by atoms with E-state index in [-0.39, 0.29) is 6.42 Å². The van der Waals surface area contributed by atoms with E-state index in [4.69, 9.17) is 5.11 Å². The van der Waals surface area contributed by atoms with Crippen molar-refractivity contribution in [1.29, 1.82) is 0 Å². The van der Waals surface area contributed by atoms with Gasteiger partial charge in [-0.3, -0.25) is 4.79 Å². The second-order valence-electron chi connectivity index (χ2n) is 4.03. The van der Waals surface area contributed by atoms with Crippen molar-refractivity contribution in [2.24, 2.45) is 0 Å². The Bertz CT molecular complexity index is 449. The van der Waals surface area contributed by atoms with Gasteiger partial charge in [-0.2, -0.15) is 0 Å². The Hall–Kier alpha value is -2.09. The molecule has 0 bridgehead atoms. The fraction of sp³-hybridized carbons (Fsp3) is 0.278. The summed E-state index contributed by atoms with van der Waals surface area (Å²) in [5.74, 6) is -0.742. The maximum Gasteiger partial charge on any atom is 0.303 e. The van der Waals surface area contributed by atoms with Gasteiger partial charge >= 0.3 is 5.97 Å². The molecular formula is C18H24O2. The minimum atomic E-state index is -0.742. The normalized spacial score (nSPS) is 8.55. The maximum atomic E-state index is 10.2. The van der Waals surface area contributed by atoms with Crippen LogP contribution in [0.1, 0.15) is 31.4 Å². The van der Waals surface area contributed by atoms with Crippen molar-refractivity contribution in [2.45, 2.75) is 33.6 Å². The fourth-order valence-corrected chi connectivity index (χ4v) is 1.43. The lowest BCUT2D eigenvalue weighted by atomic mass is 10.1. The topological polar surface area (TPSA) is 37.3 Å². The summed E-state index contributed by atoms with van der Waals surface area (Å²) in [7, 11) is 0. The van der Waals surface area contributed by atoms with Crippen LogP contribution in [0.15, 0.2) is 60.7 Å². The minimum absolute atomic E-state index is 0.212. The number of benzene rings is 2. The third kappa shape index (κ3) is 9.89. The molecule has 0 atom stereocenters. The summed E-state index contributed by atoms with van der Waals surface area (Å²) < 4.78 is 0. The van der Waals surface area contributed by atoms with Crippen molar-refractivity contribution in [2.75, 3.05) is 0 Å². The van der Waals surface area contributed by atoms with Gasteiger partial charge in [0, 0.05) is 6.42 Å². The second-order valence-corrected chi connectivity index (χ2v) is 4.03. The van der Waals surface area contributed by atoms with Gasteiger partial charge in [-0.05, 0) is 18.9 Å². The second kappa shape index (κ2) is 12.0. The maximum absolute atomic E-state index is 10.2. The molecule has 0 spiro atoms. The number of hydrogen-bond donors (Lipinski definition) is 1. The van der Waals surface area contributed by atoms with Crippen molar-refractivity contribution in [3.8, 4) is 0 Å². The van der Waals surface area contributed by atoms with Crippen molar-refractivity contribution in [3.05, 3.63) is 71.8 Å². The predicted molar refractivity (Wildman–Crippen MR) is 84.9 cm³/mol. The molecule has 1 N–H and O–H groups in total. The van der Waals surface area contributed by atoms with E-state index < -0.39 is 5.97 Å². The first-order valence-electron chi connectivity index (χ1n) is 6.96. The smallest absolute Gasteiger partial charge is 0.303 e. The average molecular weight is 272 g/mol. The molecule has 108 valence electrons. The number of carboxylic acids is 1. The summed E-state index contributed by atoms with van der Waals surface area (Å²) in [6.45, 7) is 6.08. The Morgan fingerprint density at radius 1 is 0.900 bits per heavy atom. The molecule has 0 fully saturated rings. The van der Waals surface area contributed by atoms with Gasteiger partial charge in [0.1, 0.15) is 0 Å². The molecule has 2 heteroatoms. The Morgan fingerprint density at radius 2 is 1.35 bits per heavy atom. The molecule has 0 aromatic heterocycles. The Labute approximate surface area is 122 Å². The Kier molecular flexibility index (Phi) is 10.7. The molecule has 0 amide bonds. The molecule has 0 aliphatic rings. The molecule has 0 heterocycles. The van der Waals surface area contributed by atoms with E-state index in [0.29, 0.717) is 6.42 Å². The van der Waals surface area contributed by atoms with Crippen LogP contribution < -0.4 is 0 Å². The lowest BCUT2D eigenvalue weighted by Gasteiger charge is -1.95. The van der Waals surface area contributed by atoms with Crippen LogP contribution in [0.2, 0.25) is 0 Å². The van der Waals surface area contributed by atoms with Crippen LogP contribution in [0.4, 0.5) is 0 Å². The van der Waals surface area contributed by atoms with Crippen LogP contribution in [0.25, 0.3) is 0 Å². The van der Waals surface area contributed by atoms with Crippen LogP contribution >= 0.6 is 0 Å². The van der Waals surface area contributed by atoms with E-state index in [2.05, 4.69) is 19.1 Å². The third-order valence-electron chi connectivity index (χ3n) is 2.41. The molecule has 2 aromatic carbocycles. The van der Waals surface area contributed by atoms with Gasteiger partial charge in [0.2, 0.25) is 0 Å². The first kappa shape index (κ1) is 17.9. The van der Waals surface area contributed by atoms with E-state index in [0.717, 1.165) is 5.56 Å². The number of carbonyl (C=O) groups is 1. The lowest BCUT2D eigenvalue weighted by molar-refractivity contribution is -0.136. The number of rotatable bonds is 3. The predicted octanol–water partition coefficient (Wildman–Crippen LogP) is 4.73. The van der Waals surface area contributed by atoms with E-state index in [9.17, 15) is 4.79 Å². The quantitative estimate of drug-likeness (QED) is 0.877. The lowest BCUT2D eigenvalue weighted by Crippen LogP contribution is -1.96. The molecule has 0 radical (unpaired) electrons. The van der Waals surface area contributed by atoms with Gasteiger partial charge in [-0.1, -0.05) is 80.1 Å². The van der Waals surface area contributed by atoms with Crippen molar-refractivity contribution in [3.63, 3.8) is 0 Å². The molecule has 0 unspecified atom stereocenters.